The number of ether oxygens (including phenoxy) is 2. The number of aliphatic hydroxyl groups is 1. The predicted molar refractivity (Wildman–Crippen MR) is 188 cm³/mol. The van der Waals surface area contributed by atoms with Gasteiger partial charge in [-0.2, -0.15) is 11.8 Å². The highest BCUT2D eigenvalue weighted by molar-refractivity contribution is 7.98. The van der Waals surface area contributed by atoms with Gasteiger partial charge in [-0.05, 0) is 30.6 Å². The van der Waals surface area contributed by atoms with Crippen LogP contribution < -0.4 is 5.73 Å². The van der Waals surface area contributed by atoms with Crippen molar-refractivity contribution in [3.8, 4) is 0 Å². The van der Waals surface area contributed by atoms with Crippen LogP contribution in [0.3, 0.4) is 0 Å². The number of benzene rings is 1. The Kier molecular flexibility index (Phi) is 15.8. The van der Waals surface area contributed by atoms with Crippen LogP contribution in [0.4, 0.5) is 0 Å². The summed E-state index contributed by atoms with van der Waals surface area (Å²) in [7, 11) is 4.91. The number of hydrogen-bond acceptors (Lipinski definition) is 10. The Bertz CT molecular complexity index is 1250. The van der Waals surface area contributed by atoms with Crippen molar-refractivity contribution < 1.29 is 29.0 Å². The van der Waals surface area contributed by atoms with Gasteiger partial charge in [-0.25, -0.2) is 4.98 Å². The minimum Gasteiger partial charge on any atom is -0.388 e. The molecule has 262 valence electrons. The normalized spacial score (nSPS) is 20.1. The van der Waals surface area contributed by atoms with E-state index in [1.807, 2.05) is 53.8 Å². The number of carbonyl (C=O) groups excluding carboxylic acids is 3. The van der Waals surface area contributed by atoms with Gasteiger partial charge < -0.3 is 30.1 Å². The summed E-state index contributed by atoms with van der Waals surface area (Å²) in [5.74, 6) is -0.777. The Balaban J connectivity index is 1.77. The number of carbonyl (C=O) groups is 3. The van der Waals surface area contributed by atoms with Gasteiger partial charge in [-0.1, -0.05) is 57.5 Å². The van der Waals surface area contributed by atoms with Gasteiger partial charge in [-0.3, -0.25) is 14.4 Å². The molecule has 3 N–H and O–H groups in total. The van der Waals surface area contributed by atoms with E-state index in [1.54, 1.807) is 32.4 Å². The number of Topliss-reactive ketones (excluding diaryl/α,β-unsaturated/α-hetero) is 1. The van der Waals surface area contributed by atoms with Crippen molar-refractivity contribution in [2.75, 3.05) is 39.8 Å². The first-order chi connectivity index (χ1) is 22.5. The van der Waals surface area contributed by atoms with Gasteiger partial charge in [-0.15, -0.1) is 11.3 Å². The van der Waals surface area contributed by atoms with Crippen molar-refractivity contribution >= 4 is 40.7 Å². The summed E-state index contributed by atoms with van der Waals surface area (Å²) < 4.78 is 11.9. The maximum absolute atomic E-state index is 14.0. The first kappa shape index (κ1) is 39.1. The third-order valence-electron chi connectivity index (χ3n) is 9.73. The first-order valence-electron chi connectivity index (χ1n) is 16.5. The van der Waals surface area contributed by atoms with Crippen LogP contribution in [0.2, 0.25) is 0 Å². The number of likely N-dealkylation sites (tertiary alicyclic amines) is 1. The predicted octanol–water partition coefficient (Wildman–Crippen LogP) is 4.53. The number of methoxy groups -OCH3 is 2. The number of thioether (sulfide) groups is 1. The molecule has 1 aromatic heterocycles. The molecular weight excluding hydrogens is 637 g/mol. The molecule has 2 heterocycles. The van der Waals surface area contributed by atoms with E-state index in [2.05, 4.69) is 18.8 Å². The maximum Gasteiger partial charge on any atom is 0.240 e. The maximum atomic E-state index is 14.0. The molecule has 0 radical (unpaired) electrons. The molecule has 3 rings (SSSR count). The van der Waals surface area contributed by atoms with Crippen molar-refractivity contribution in [2.24, 2.45) is 17.6 Å². The Hall–Kier alpha value is -2.35. The van der Waals surface area contributed by atoms with Crippen LogP contribution in [0, 0.1) is 11.8 Å². The molecule has 47 heavy (non-hydrogen) atoms. The van der Waals surface area contributed by atoms with Crippen LogP contribution in [0.15, 0.2) is 41.9 Å². The smallest absolute Gasteiger partial charge is 0.240 e. The fraction of sp³-hybridized carbons (Fsp3) is 0.657. The molecule has 1 fully saturated rings. The standard InChI is InChI=1S/C35H54N4O6S2/c1-8-22(2)31(38(4)35(43)26(36)21-46-7)29(44-5)20-30(41)39-17-12-15-27(39)33(45-6)23(3)28(40)19-25(34-37-16-18-47-34)32(42)24-13-10-9-11-14-24/h9-11,13-14,16,18,22-23,25-27,29,31-33,42H,8,12,15,17,19-21,36H2,1-7H3/t22-,23-,25?,26-,27-,29+,31-,32-,33+/m0/s1. The van der Waals surface area contributed by atoms with Gasteiger partial charge in [0.2, 0.25) is 11.8 Å². The lowest BCUT2D eigenvalue weighted by atomic mass is 9.84. The number of aliphatic hydroxyl groups excluding tert-OH is 1. The number of ketones is 1. The second-order valence-electron chi connectivity index (χ2n) is 12.7. The molecule has 0 aliphatic carbocycles. The zero-order chi connectivity index (χ0) is 34.7. The molecule has 1 saturated heterocycles. The van der Waals surface area contributed by atoms with E-state index < -0.39 is 36.2 Å². The Morgan fingerprint density at radius 2 is 1.87 bits per heavy atom. The molecule has 2 amide bonds. The molecule has 12 heteroatoms. The summed E-state index contributed by atoms with van der Waals surface area (Å²) in [4.78, 5) is 49.0. The molecular formula is C35H54N4O6S2. The average Bonchev–Trinajstić information content (AvgIpc) is 3.80. The zero-order valence-corrected chi connectivity index (χ0v) is 30.5. The van der Waals surface area contributed by atoms with Crippen LogP contribution in [0.1, 0.15) is 75.5 Å². The number of nitrogens with zero attached hydrogens (tertiary/aromatic N) is 3. The number of nitrogens with two attached hydrogens (primary N) is 1. The SMILES string of the molecule is CC[C@H](C)[C@@H]([C@@H](CC(=O)N1CCC[C@H]1[C@H](OC)[C@@H](C)C(=O)CC(c1nccs1)[C@@H](O)c1ccccc1)OC)N(C)C(=O)[C@@H](N)CSC. The number of aromatic nitrogens is 1. The van der Waals surface area contributed by atoms with Crippen LogP contribution >= 0.6 is 23.1 Å². The third-order valence-corrected chi connectivity index (χ3v) is 11.3. The molecule has 9 atom stereocenters. The second kappa shape index (κ2) is 19.0. The minimum atomic E-state index is -0.895. The van der Waals surface area contributed by atoms with Gasteiger partial charge in [0.15, 0.2) is 0 Å². The summed E-state index contributed by atoms with van der Waals surface area (Å²) >= 11 is 2.94. The number of rotatable bonds is 19. The molecule has 1 aliphatic rings. The fourth-order valence-electron chi connectivity index (χ4n) is 6.89. The number of thiazole rings is 1. The molecule has 2 aromatic rings. The lowest BCUT2D eigenvalue weighted by molar-refractivity contribution is -0.146. The van der Waals surface area contributed by atoms with Crippen LogP contribution in [-0.4, -0.2) is 108 Å². The monoisotopic (exact) mass is 690 g/mol. The van der Waals surface area contributed by atoms with Crippen molar-refractivity contribution in [2.45, 2.75) is 95.2 Å². The highest BCUT2D eigenvalue weighted by Crippen LogP contribution is 2.37. The number of amides is 2. The summed E-state index contributed by atoms with van der Waals surface area (Å²) in [5, 5.41) is 13.9. The largest absolute Gasteiger partial charge is 0.388 e. The molecule has 1 aliphatic heterocycles. The van der Waals surface area contributed by atoms with Crippen LogP contribution in [0.5, 0.6) is 0 Å². The lowest BCUT2D eigenvalue weighted by Gasteiger charge is -2.40. The van der Waals surface area contributed by atoms with E-state index in [4.69, 9.17) is 15.2 Å². The topological polar surface area (TPSA) is 135 Å². The molecule has 0 spiro atoms. The third kappa shape index (κ3) is 9.86. The molecule has 0 bridgehead atoms. The molecule has 1 unspecified atom stereocenters. The van der Waals surface area contributed by atoms with E-state index in [-0.39, 0.29) is 48.4 Å². The van der Waals surface area contributed by atoms with Gasteiger partial charge in [0.1, 0.15) is 5.78 Å². The molecule has 1 aromatic carbocycles. The van der Waals surface area contributed by atoms with Gasteiger partial charge in [0.25, 0.3) is 0 Å². The minimum absolute atomic E-state index is 0.0559. The van der Waals surface area contributed by atoms with E-state index in [1.165, 1.54) is 23.1 Å². The highest BCUT2D eigenvalue weighted by atomic mass is 32.2. The van der Waals surface area contributed by atoms with Gasteiger partial charge in [0.05, 0.1) is 47.9 Å². The van der Waals surface area contributed by atoms with Crippen molar-refractivity contribution in [3.63, 3.8) is 0 Å². The fourth-order valence-corrected chi connectivity index (χ4v) is 8.16. The summed E-state index contributed by atoms with van der Waals surface area (Å²) in [6, 6.07) is 8.05. The average molecular weight is 691 g/mol. The first-order valence-corrected chi connectivity index (χ1v) is 18.8. The van der Waals surface area contributed by atoms with E-state index in [0.29, 0.717) is 23.7 Å². The van der Waals surface area contributed by atoms with Crippen molar-refractivity contribution in [1.29, 1.82) is 0 Å². The van der Waals surface area contributed by atoms with Gasteiger partial charge in [0, 0.05) is 63.4 Å². The van der Waals surface area contributed by atoms with Gasteiger partial charge >= 0.3 is 0 Å². The van der Waals surface area contributed by atoms with E-state index in [9.17, 15) is 19.5 Å². The second-order valence-corrected chi connectivity index (χ2v) is 14.5. The molecule has 10 nitrogen and oxygen atoms in total. The molecule has 0 saturated carbocycles. The van der Waals surface area contributed by atoms with Crippen molar-refractivity contribution in [3.05, 3.63) is 52.5 Å². The number of likely N-dealkylation sites (N-methyl/N-ethyl adjacent to an activating group) is 1. The quantitative estimate of drug-likeness (QED) is 0.218. The van der Waals surface area contributed by atoms with Crippen LogP contribution in [0.25, 0.3) is 0 Å². The zero-order valence-electron chi connectivity index (χ0n) is 28.9. The van der Waals surface area contributed by atoms with E-state index in [0.717, 1.165) is 18.4 Å². The van der Waals surface area contributed by atoms with Crippen LogP contribution in [-0.2, 0) is 23.9 Å². The summed E-state index contributed by atoms with van der Waals surface area (Å²) in [6.07, 6.45) is 4.12. The number of hydrogen-bond donors (Lipinski definition) is 2. The summed E-state index contributed by atoms with van der Waals surface area (Å²) in [6.45, 7) is 6.52. The Morgan fingerprint density at radius 3 is 2.45 bits per heavy atom. The van der Waals surface area contributed by atoms with Crippen molar-refractivity contribution in [1.82, 2.24) is 14.8 Å². The lowest BCUT2D eigenvalue weighted by Crippen LogP contribution is -2.55. The Labute approximate surface area is 288 Å². The summed E-state index contributed by atoms with van der Waals surface area (Å²) in [5.41, 5.74) is 6.92. The Morgan fingerprint density at radius 1 is 1.17 bits per heavy atom. The highest BCUT2D eigenvalue weighted by Gasteiger charge is 2.43. The van der Waals surface area contributed by atoms with E-state index >= 15 is 0 Å².